The Kier molecular flexibility index (Phi) is 2.33. The Hall–Kier alpha value is -1.09. The third kappa shape index (κ3) is 1.56. The number of nitrogens with zero attached hydrogens (tertiary/aromatic N) is 2. The number of carbonyl (C=O) groups is 1. The van der Waals surface area contributed by atoms with Crippen molar-refractivity contribution in [3.8, 4) is 6.07 Å². The smallest absolute Gasteiger partial charge is 0.327 e. The van der Waals surface area contributed by atoms with Gasteiger partial charge in [-0.25, -0.2) is 8.42 Å². The molecule has 0 atom stereocenters. The maximum Gasteiger partial charge on any atom is 0.339 e. The largest absolute Gasteiger partial charge is 0.339 e. The minimum absolute atomic E-state index is 0.114. The van der Waals surface area contributed by atoms with Gasteiger partial charge in [-0.3, -0.25) is 4.79 Å². The number of amides is 1. The average Bonchev–Trinajstić information content (AvgIpc) is 2.26. The molecule has 1 aliphatic heterocycles. The molecule has 0 aromatic carbocycles. The predicted molar refractivity (Wildman–Crippen MR) is 41.0 cm³/mol. The molecule has 0 unspecified atom stereocenters. The molecule has 1 heterocycles. The van der Waals surface area contributed by atoms with Gasteiger partial charge in [-0.15, -0.1) is 0 Å². The van der Waals surface area contributed by atoms with Crippen molar-refractivity contribution in [1.82, 2.24) is 4.90 Å². The van der Waals surface area contributed by atoms with Gasteiger partial charge in [0.2, 0.25) is 9.84 Å². The molecular weight excluding hydrogens is 180 g/mol. The molecule has 0 radical (unpaired) electrons. The third-order valence-electron chi connectivity index (χ3n) is 1.65. The summed E-state index contributed by atoms with van der Waals surface area (Å²) >= 11 is 0. The number of sulfone groups is 1. The van der Waals surface area contributed by atoms with E-state index >= 15 is 0 Å². The van der Waals surface area contributed by atoms with E-state index in [-0.39, 0.29) is 25.3 Å². The fourth-order valence-electron chi connectivity index (χ4n) is 0.994. The zero-order chi connectivity index (χ0) is 9.19. The fourth-order valence-corrected chi connectivity index (χ4v) is 2.21. The summed E-state index contributed by atoms with van der Waals surface area (Å²) in [4.78, 5) is 12.2. The minimum Gasteiger partial charge on any atom is -0.327 e. The van der Waals surface area contributed by atoms with Gasteiger partial charge in [-0.05, 0) is 0 Å². The first-order valence-corrected chi connectivity index (χ1v) is 5.12. The summed E-state index contributed by atoms with van der Waals surface area (Å²) in [6.07, 6.45) is 0.182. The van der Waals surface area contributed by atoms with E-state index < -0.39 is 15.1 Å². The molecule has 1 amide bonds. The van der Waals surface area contributed by atoms with Crippen molar-refractivity contribution in [3.63, 3.8) is 0 Å². The fraction of sp³-hybridized carbons (Fsp3) is 0.667. The maximum absolute atomic E-state index is 11.0. The van der Waals surface area contributed by atoms with Crippen LogP contribution >= 0.6 is 0 Å². The van der Waals surface area contributed by atoms with E-state index in [0.29, 0.717) is 0 Å². The van der Waals surface area contributed by atoms with Crippen LogP contribution in [-0.4, -0.2) is 37.4 Å². The van der Waals surface area contributed by atoms with E-state index in [2.05, 4.69) is 0 Å². The summed E-state index contributed by atoms with van der Waals surface area (Å²) in [5.74, 6) is -0.114. The lowest BCUT2D eigenvalue weighted by Gasteiger charge is -2.09. The molecule has 0 aliphatic carbocycles. The van der Waals surface area contributed by atoms with E-state index in [1.807, 2.05) is 6.07 Å². The van der Waals surface area contributed by atoms with Gasteiger partial charge in [0.25, 0.3) is 0 Å². The standard InChI is InChI=1S/C6H8N2O3S/c7-2-1-3-8-4-5-12(10,11)6(8)9/h1,3-5H2. The lowest BCUT2D eigenvalue weighted by Crippen LogP contribution is -2.26. The van der Waals surface area contributed by atoms with Crippen molar-refractivity contribution in [2.45, 2.75) is 6.42 Å². The van der Waals surface area contributed by atoms with E-state index in [9.17, 15) is 13.2 Å². The predicted octanol–water partition coefficient (Wildman–Crippen LogP) is -0.250. The van der Waals surface area contributed by atoms with E-state index in [0.717, 1.165) is 0 Å². The van der Waals surface area contributed by atoms with E-state index in [4.69, 9.17) is 5.26 Å². The van der Waals surface area contributed by atoms with Crippen LogP contribution in [0.2, 0.25) is 0 Å². The van der Waals surface area contributed by atoms with Crippen molar-refractivity contribution in [2.24, 2.45) is 0 Å². The van der Waals surface area contributed by atoms with Crippen LogP contribution in [0.25, 0.3) is 0 Å². The minimum atomic E-state index is -3.53. The summed E-state index contributed by atoms with van der Waals surface area (Å²) in [6.45, 7) is 0.442. The Bertz CT molecular complexity index is 327. The van der Waals surface area contributed by atoms with Crippen LogP contribution in [0.4, 0.5) is 4.79 Å². The first-order chi connectivity index (χ1) is 5.58. The lowest BCUT2D eigenvalue weighted by molar-refractivity contribution is 0.229. The Labute approximate surface area is 70.5 Å². The molecule has 0 bridgehead atoms. The molecule has 1 fully saturated rings. The normalized spacial score (nSPS) is 20.9. The summed E-state index contributed by atoms with van der Waals surface area (Å²) < 4.78 is 21.7. The third-order valence-corrected chi connectivity index (χ3v) is 3.16. The average molecular weight is 188 g/mol. The molecule has 5 nitrogen and oxygen atoms in total. The first kappa shape index (κ1) is 9.00. The molecular formula is C6H8N2O3S. The molecule has 0 aromatic heterocycles. The molecule has 1 aliphatic rings. The van der Waals surface area contributed by atoms with Gasteiger partial charge in [0, 0.05) is 13.1 Å². The molecule has 1 saturated heterocycles. The highest BCUT2D eigenvalue weighted by Crippen LogP contribution is 2.10. The van der Waals surface area contributed by atoms with E-state index in [1.165, 1.54) is 4.90 Å². The second-order valence-electron chi connectivity index (χ2n) is 2.48. The molecule has 0 N–H and O–H groups in total. The zero-order valence-corrected chi connectivity index (χ0v) is 7.17. The topological polar surface area (TPSA) is 78.2 Å². The molecule has 0 spiro atoms. The van der Waals surface area contributed by atoms with Crippen LogP contribution < -0.4 is 0 Å². The highest BCUT2D eigenvalue weighted by atomic mass is 32.2. The highest BCUT2D eigenvalue weighted by molar-refractivity contribution is 8.06. The van der Waals surface area contributed by atoms with Gasteiger partial charge < -0.3 is 4.90 Å². The van der Waals surface area contributed by atoms with Crippen LogP contribution in [0, 0.1) is 11.3 Å². The van der Waals surface area contributed by atoms with Crippen molar-refractivity contribution in [3.05, 3.63) is 0 Å². The Morgan fingerprint density at radius 2 is 2.25 bits per heavy atom. The molecule has 12 heavy (non-hydrogen) atoms. The first-order valence-electron chi connectivity index (χ1n) is 3.46. The Morgan fingerprint density at radius 3 is 2.67 bits per heavy atom. The number of hydrogen-bond acceptors (Lipinski definition) is 4. The number of nitriles is 1. The second kappa shape index (κ2) is 3.11. The SMILES string of the molecule is N#CCCN1CCS(=O)(=O)C1=O. The summed E-state index contributed by atoms with van der Waals surface area (Å²) in [5.41, 5.74) is 0. The molecule has 6 heteroatoms. The molecule has 0 saturated carbocycles. The van der Waals surface area contributed by atoms with Gasteiger partial charge in [0.15, 0.2) is 0 Å². The van der Waals surface area contributed by atoms with Crippen LogP contribution in [0.5, 0.6) is 0 Å². The molecule has 1 rings (SSSR count). The van der Waals surface area contributed by atoms with Crippen molar-refractivity contribution in [2.75, 3.05) is 18.8 Å². The van der Waals surface area contributed by atoms with Crippen LogP contribution in [0.1, 0.15) is 6.42 Å². The Balaban J connectivity index is 2.64. The van der Waals surface area contributed by atoms with Crippen LogP contribution in [0.3, 0.4) is 0 Å². The van der Waals surface area contributed by atoms with Crippen molar-refractivity contribution < 1.29 is 13.2 Å². The number of hydrogen-bond donors (Lipinski definition) is 0. The lowest BCUT2D eigenvalue weighted by atomic mass is 10.4. The summed E-state index contributed by atoms with van der Waals surface area (Å²) in [5, 5.41) is 7.37. The zero-order valence-electron chi connectivity index (χ0n) is 6.36. The van der Waals surface area contributed by atoms with E-state index in [1.54, 1.807) is 0 Å². The number of rotatable bonds is 2. The highest BCUT2D eigenvalue weighted by Gasteiger charge is 2.35. The van der Waals surface area contributed by atoms with Crippen molar-refractivity contribution >= 4 is 15.1 Å². The van der Waals surface area contributed by atoms with Crippen LogP contribution in [0.15, 0.2) is 0 Å². The van der Waals surface area contributed by atoms with Gasteiger partial charge in [0.1, 0.15) is 0 Å². The maximum atomic E-state index is 11.0. The van der Waals surface area contributed by atoms with Crippen LogP contribution in [-0.2, 0) is 9.84 Å². The molecule has 66 valence electrons. The summed E-state index contributed by atoms with van der Waals surface area (Å²) in [7, 11) is -3.53. The van der Waals surface area contributed by atoms with Crippen molar-refractivity contribution in [1.29, 1.82) is 5.26 Å². The van der Waals surface area contributed by atoms with Gasteiger partial charge >= 0.3 is 5.24 Å². The molecule has 0 aromatic rings. The Morgan fingerprint density at radius 1 is 1.58 bits per heavy atom. The monoisotopic (exact) mass is 188 g/mol. The summed E-state index contributed by atoms with van der Waals surface area (Å²) in [6, 6.07) is 1.85. The number of carbonyl (C=O) groups excluding carboxylic acids is 1. The van der Waals surface area contributed by atoms with Gasteiger partial charge in [0.05, 0.1) is 18.2 Å². The second-order valence-corrected chi connectivity index (χ2v) is 4.47. The van der Waals surface area contributed by atoms with Gasteiger partial charge in [-0.1, -0.05) is 0 Å². The quantitative estimate of drug-likeness (QED) is 0.598. The van der Waals surface area contributed by atoms with Gasteiger partial charge in [-0.2, -0.15) is 5.26 Å².